The minimum Gasteiger partial charge on any atom is -0.452 e. The fourth-order valence-corrected chi connectivity index (χ4v) is 1.72. The van der Waals surface area contributed by atoms with Gasteiger partial charge >= 0.3 is 5.97 Å². The molecule has 0 aliphatic heterocycles. The molecule has 1 amide bonds. The number of nitrogens with one attached hydrogen (secondary N) is 1. The second-order valence-corrected chi connectivity index (χ2v) is 6.42. The smallest absolute Gasteiger partial charge is 0.338 e. The zero-order valence-corrected chi connectivity index (χ0v) is 14.6. The maximum absolute atomic E-state index is 11.9. The lowest BCUT2D eigenvalue weighted by Gasteiger charge is -2.24. The molecular formula is C18H27NO4. The molecule has 1 aromatic carbocycles. The van der Waals surface area contributed by atoms with Crippen molar-refractivity contribution in [2.75, 3.05) is 6.61 Å². The average Bonchev–Trinajstić information content (AvgIpc) is 2.50. The summed E-state index contributed by atoms with van der Waals surface area (Å²) in [6.45, 7) is 9.99. The SMILES string of the molecule is CCC(C)(C)NC(=O)COC(=O)c1ccc(COC(C)C)cc1. The zero-order chi connectivity index (χ0) is 17.5. The van der Waals surface area contributed by atoms with Crippen molar-refractivity contribution in [2.24, 2.45) is 0 Å². The molecule has 0 aromatic heterocycles. The van der Waals surface area contributed by atoms with E-state index >= 15 is 0 Å². The standard InChI is InChI=1S/C18H27NO4/c1-6-18(4,5)19-16(20)12-23-17(21)15-9-7-14(8-10-15)11-22-13(2)3/h7-10,13H,6,11-12H2,1-5H3,(H,19,20). The van der Waals surface area contributed by atoms with Gasteiger partial charge < -0.3 is 14.8 Å². The van der Waals surface area contributed by atoms with Gasteiger partial charge in [-0.15, -0.1) is 0 Å². The highest BCUT2D eigenvalue weighted by atomic mass is 16.5. The van der Waals surface area contributed by atoms with Crippen LogP contribution in [0.1, 0.15) is 57.0 Å². The van der Waals surface area contributed by atoms with Gasteiger partial charge in [0.2, 0.25) is 0 Å². The molecule has 0 spiro atoms. The molecule has 1 aromatic rings. The minimum absolute atomic E-state index is 0.158. The molecular weight excluding hydrogens is 294 g/mol. The molecule has 0 radical (unpaired) electrons. The Morgan fingerprint density at radius 1 is 1.17 bits per heavy atom. The normalized spacial score (nSPS) is 11.4. The molecule has 1 N–H and O–H groups in total. The summed E-state index contributed by atoms with van der Waals surface area (Å²) in [4.78, 5) is 23.7. The molecule has 0 unspecified atom stereocenters. The summed E-state index contributed by atoms with van der Waals surface area (Å²) in [5.74, 6) is -0.807. The predicted octanol–water partition coefficient (Wildman–Crippen LogP) is 3.07. The lowest BCUT2D eigenvalue weighted by molar-refractivity contribution is -0.125. The maximum Gasteiger partial charge on any atom is 0.338 e. The van der Waals surface area contributed by atoms with Crippen molar-refractivity contribution in [3.05, 3.63) is 35.4 Å². The van der Waals surface area contributed by atoms with Gasteiger partial charge in [-0.1, -0.05) is 19.1 Å². The van der Waals surface area contributed by atoms with Crippen molar-refractivity contribution < 1.29 is 19.1 Å². The quantitative estimate of drug-likeness (QED) is 0.747. The number of ether oxygens (including phenoxy) is 2. The van der Waals surface area contributed by atoms with Crippen molar-refractivity contribution in [1.82, 2.24) is 5.32 Å². The van der Waals surface area contributed by atoms with E-state index in [2.05, 4.69) is 5.32 Å². The second kappa shape index (κ2) is 8.67. The molecule has 0 saturated carbocycles. The molecule has 1 rings (SSSR count). The van der Waals surface area contributed by atoms with Crippen molar-refractivity contribution in [2.45, 2.75) is 59.3 Å². The van der Waals surface area contributed by atoms with Crippen LogP contribution in [0.25, 0.3) is 0 Å². The number of rotatable bonds is 8. The van der Waals surface area contributed by atoms with E-state index in [1.807, 2.05) is 46.8 Å². The lowest BCUT2D eigenvalue weighted by atomic mass is 10.0. The third kappa shape index (κ3) is 7.28. The summed E-state index contributed by atoms with van der Waals surface area (Å²) in [6, 6.07) is 6.99. The number of carbonyl (C=O) groups is 2. The number of esters is 1. The Bertz CT molecular complexity index is 520. The van der Waals surface area contributed by atoms with Gasteiger partial charge in [-0.05, 0) is 51.8 Å². The Labute approximate surface area is 138 Å². The maximum atomic E-state index is 11.9. The number of benzene rings is 1. The first kappa shape index (κ1) is 19.2. The molecule has 5 nitrogen and oxygen atoms in total. The van der Waals surface area contributed by atoms with Gasteiger partial charge in [0, 0.05) is 5.54 Å². The van der Waals surface area contributed by atoms with Gasteiger partial charge in [0.1, 0.15) is 0 Å². The summed E-state index contributed by atoms with van der Waals surface area (Å²) in [7, 11) is 0. The highest BCUT2D eigenvalue weighted by Crippen LogP contribution is 2.09. The molecule has 128 valence electrons. The van der Waals surface area contributed by atoms with Gasteiger partial charge in [0.05, 0.1) is 18.3 Å². The number of hydrogen-bond donors (Lipinski definition) is 1. The van der Waals surface area contributed by atoms with Crippen molar-refractivity contribution >= 4 is 11.9 Å². The third-order valence-electron chi connectivity index (χ3n) is 3.47. The van der Waals surface area contributed by atoms with Crippen LogP contribution >= 0.6 is 0 Å². The monoisotopic (exact) mass is 321 g/mol. The van der Waals surface area contributed by atoms with Gasteiger partial charge in [-0.25, -0.2) is 4.79 Å². The van der Waals surface area contributed by atoms with E-state index in [1.54, 1.807) is 12.1 Å². The van der Waals surface area contributed by atoms with Crippen LogP contribution in [0.3, 0.4) is 0 Å². The molecule has 0 heterocycles. The molecule has 23 heavy (non-hydrogen) atoms. The van der Waals surface area contributed by atoms with Gasteiger partial charge in [-0.2, -0.15) is 0 Å². The van der Waals surface area contributed by atoms with E-state index in [0.29, 0.717) is 12.2 Å². The van der Waals surface area contributed by atoms with Crippen molar-refractivity contribution in [3.8, 4) is 0 Å². The van der Waals surface area contributed by atoms with Gasteiger partial charge in [-0.3, -0.25) is 4.79 Å². The fourth-order valence-electron chi connectivity index (χ4n) is 1.72. The van der Waals surface area contributed by atoms with Crippen LogP contribution in [0.15, 0.2) is 24.3 Å². The first-order valence-electron chi connectivity index (χ1n) is 7.92. The summed E-state index contributed by atoms with van der Waals surface area (Å²) in [5.41, 5.74) is 1.10. The van der Waals surface area contributed by atoms with Crippen LogP contribution in [-0.4, -0.2) is 30.1 Å². The van der Waals surface area contributed by atoms with E-state index in [1.165, 1.54) is 0 Å². The molecule has 0 atom stereocenters. The zero-order valence-electron chi connectivity index (χ0n) is 14.6. The van der Waals surface area contributed by atoms with Crippen LogP contribution in [0.2, 0.25) is 0 Å². The minimum atomic E-state index is -0.509. The largest absolute Gasteiger partial charge is 0.452 e. The topological polar surface area (TPSA) is 64.6 Å². The first-order valence-corrected chi connectivity index (χ1v) is 7.92. The van der Waals surface area contributed by atoms with E-state index in [-0.39, 0.29) is 24.2 Å². The Hall–Kier alpha value is -1.88. The van der Waals surface area contributed by atoms with Crippen LogP contribution < -0.4 is 5.32 Å². The predicted molar refractivity (Wildman–Crippen MR) is 89.2 cm³/mol. The Morgan fingerprint density at radius 2 is 1.78 bits per heavy atom. The molecule has 0 aliphatic carbocycles. The molecule has 0 fully saturated rings. The highest BCUT2D eigenvalue weighted by molar-refractivity contribution is 5.91. The molecule has 0 bridgehead atoms. The lowest BCUT2D eigenvalue weighted by Crippen LogP contribution is -2.44. The molecule has 0 aliphatic rings. The third-order valence-corrected chi connectivity index (χ3v) is 3.47. The van der Waals surface area contributed by atoms with Crippen molar-refractivity contribution in [1.29, 1.82) is 0 Å². The summed E-state index contributed by atoms with van der Waals surface area (Å²) < 4.78 is 10.5. The Kier molecular flexibility index (Phi) is 7.23. The Morgan fingerprint density at radius 3 is 2.30 bits per heavy atom. The van der Waals surface area contributed by atoms with Crippen molar-refractivity contribution in [3.63, 3.8) is 0 Å². The van der Waals surface area contributed by atoms with Gasteiger partial charge in [0.25, 0.3) is 5.91 Å². The first-order chi connectivity index (χ1) is 10.7. The van der Waals surface area contributed by atoms with E-state index in [4.69, 9.17) is 9.47 Å². The van der Waals surface area contributed by atoms with Crippen LogP contribution in [-0.2, 0) is 20.9 Å². The van der Waals surface area contributed by atoms with Gasteiger partial charge in [0.15, 0.2) is 6.61 Å². The Balaban J connectivity index is 2.47. The highest BCUT2D eigenvalue weighted by Gasteiger charge is 2.19. The summed E-state index contributed by atoms with van der Waals surface area (Å²) >= 11 is 0. The van der Waals surface area contributed by atoms with E-state index in [0.717, 1.165) is 12.0 Å². The molecule has 5 heteroatoms. The molecule has 0 saturated heterocycles. The van der Waals surface area contributed by atoms with Crippen LogP contribution in [0.5, 0.6) is 0 Å². The average molecular weight is 321 g/mol. The number of amides is 1. The van der Waals surface area contributed by atoms with Crippen LogP contribution in [0.4, 0.5) is 0 Å². The van der Waals surface area contributed by atoms with E-state index < -0.39 is 5.97 Å². The van der Waals surface area contributed by atoms with Crippen LogP contribution in [0, 0.1) is 0 Å². The summed E-state index contributed by atoms with van der Waals surface area (Å²) in [5, 5.41) is 2.82. The van der Waals surface area contributed by atoms with E-state index in [9.17, 15) is 9.59 Å². The number of carbonyl (C=O) groups excluding carboxylic acids is 2. The summed E-state index contributed by atoms with van der Waals surface area (Å²) in [6.07, 6.45) is 0.956. The second-order valence-electron chi connectivity index (χ2n) is 6.42. The number of hydrogen-bond acceptors (Lipinski definition) is 4. The fraction of sp³-hybridized carbons (Fsp3) is 0.556.